The van der Waals surface area contributed by atoms with Gasteiger partial charge in [0.2, 0.25) is 0 Å². The van der Waals surface area contributed by atoms with Crippen LogP contribution in [0, 0.1) is 5.92 Å². The topological polar surface area (TPSA) is 12.0 Å². The molecular weight excluding hydrogens is 182 g/mol. The van der Waals surface area contributed by atoms with E-state index in [1.54, 1.807) is 0 Å². The molecule has 0 aliphatic carbocycles. The van der Waals surface area contributed by atoms with Crippen molar-refractivity contribution in [1.29, 1.82) is 0 Å². The van der Waals surface area contributed by atoms with Crippen LogP contribution in [0.4, 0.5) is 0 Å². The van der Waals surface area contributed by atoms with E-state index in [9.17, 15) is 0 Å². The molecule has 0 aromatic heterocycles. The fourth-order valence-electron chi connectivity index (χ4n) is 2.65. The minimum Gasteiger partial charge on any atom is -0.313 e. The number of benzene rings is 1. The maximum Gasteiger partial charge on any atom is 0.0136 e. The van der Waals surface area contributed by atoms with E-state index in [1.807, 2.05) is 0 Å². The predicted molar refractivity (Wildman–Crippen MR) is 65.0 cm³/mol. The smallest absolute Gasteiger partial charge is 0.0136 e. The van der Waals surface area contributed by atoms with E-state index in [2.05, 4.69) is 42.6 Å². The van der Waals surface area contributed by atoms with Crippen LogP contribution in [0.5, 0.6) is 0 Å². The van der Waals surface area contributed by atoms with Crippen molar-refractivity contribution in [2.45, 2.75) is 38.6 Å². The molecule has 1 N–H and O–H groups in total. The molecule has 1 saturated heterocycles. The molecule has 1 aromatic carbocycles. The molecule has 0 radical (unpaired) electrons. The lowest BCUT2D eigenvalue weighted by atomic mass is 9.91. The van der Waals surface area contributed by atoms with Crippen molar-refractivity contribution in [3.8, 4) is 0 Å². The Morgan fingerprint density at radius 3 is 2.80 bits per heavy atom. The first-order valence-electron chi connectivity index (χ1n) is 6.17. The van der Waals surface area contributed by atoms with Crippen molar-refractivity contribution >= 4 is 0 Å². The summed E-state index contributed by atoms with van der Waals surface area (Å²) >= 11 is 0. The molecule has 0 spiro atoms. The largest absolute Gasteiger partial charge is 0.313 e. The van der Waals surface area contributed by atoms with Crippen molar-refractivity contribution in [2.75, 3.05) is 6.54 Å². The Labute approximate surface area is 92.9 Å². The molecule has 82 valence electrons. The molecule has 2 atom stereocenters. The zero-order valence-corrected chi connectivity index (χ0v) is 9.58. The Morgan fingerprint density at radius 1 is 1.27 bits per heavy atom. The van der Waals surface area contributed by atoms with E-state index in [0.717, 1.165) is 5.92 Å². The van der Waals surface area contributed by atoms with Gasteiger partial charge in [-0.2, -0.15) is 0 Å². The lowest BCUT2D eigenvalue weighted by molar-refractivity contribution is 0.413. The van der Waals surface area contributed by atoms with E-state index in [1.165, 1.54) is 37.8 Å². The van der Waals surface area contributed by atoms with Gasteiger partial charge in [0.05, 0.1) is 0 Å². The van der Waals surface area contributed by atoms with Crippen molar-refractivity contribution < 1.29 is 0 Å². The Hall–Kier alpha value is -0.820. The van der Waals surface area contributed by atoms with Crippen molar-refractivity contribution in [3.63, 3.8) is 0 Å². The van der Waals surface area contributed by atoms with E-state index in [4.69, 9.17) is 0 Å². The Balaban J connectivity index is 1.93. The molecule has 1 heteroatoms. The molecule has 0 bridgehead atoms. The van der Waals surface area contributed by atoms with Crippen LogP contribution in [-0.2, 0) is 6.42 Å². The van der Waals surface area contributed by atoms with Crippen molar-refractivity contribution in [2.24, 2.45) is 5.92 Å². The standard InChI is InChI=1S/C14H21N/c1-2-6-13-9-10-15-14(13)11-12-7-4-3-5-8-12/h3-5,7-8,13-15H,2,6,9-11H2,1H3. The number of nitrogens with one attached hydrogen (secondary N) is 1. The van der Waals surface area contributed by atoms with Crippen LogP contribution in [0.25, 0.3) is 0 Å². The first-order valence-corrected chi connectivity index (χ1v) is 6.17. The molecule has 1 aromatic rings. The summed E-state index contributed by atoms with van der Waals surface area (Å²) in [5, 5.41) is 3.64. The van der Waals surface area contributed by atoms with Crippen LogP contribution in [0.2, 0.25) is 0 Å². The maximum atomic E-state index is 3.64. The van der Waals surface area contributed by atoms with Gasteiger partial charge in [0.1, 0.15) is 0 Å². The summed E-state index contributed by atoms with van der Waals surface area (Å²) in [6.07, 6.45) is 5.26. The van der Waals surface area contributed by atoms with E-state index in [-0.39, 0.29) is 0 Å². The lowest BCUT2D eigenvalue weighted by Gasteiger charge is -2.18. The average Bonchev–Trinajstić information content (AvgIpc) is 2.68. The number of hydrogen-bond donors (Lipinski definition) is 1. The van der Waals surface area contributed by atoms with Gasteiger partial charge < -0.3 is 5.32 Å². The quantitative estimate of drug-likeness (QED) is 0.793. The predicted octanol–water partition coefficient (Wildman–Crippen LogP) is 3.01. The fraction of sp³-hybridized carbons (Fsp3) is 0.571. The van der Waals surface area contributed by atoms with Crippen LogP contribution in [0.1, 0.15) is 31.7 Å². The van der Waals surface area contributed by atoms with Gasteiger partial charge in [-0.15, -0.1) is 0 Å². The molecule has 2 rings (SSSR count). The molecule has 2 unspecified atom stereocenters. The van der Waals surface area contributed by atoms with Crippen LogP contribution in [0.15, 0.2) is 30.3 Å². The molecule has 1 aliphatic rings. The summed E-state index contributed by atoms with van der Waals surface area (Å²) in [6, 6.07) is 11.6. The van der Waals surface area contributed by atoms with Crippen LogP contribution >= 0.6 is 0 Å². The molecule has 15 heavy (non-hydrogen) atoms. The Morgan fingerprint density at radius 2 is 2.07 bits per heavy atom. The molecule has 1 heterocycles. The summed E-state index contributed by atoms with van der Waals surface area (Å²) in [6.45, 7) is 3.50. The van der Waals surface area contributed by atoms with Gasteiger partial charge in [-0.1, -0.05) is 43.7 Å². The maximum absolute atomic E-state index is 3.64. The molecule has 1 fully saturated rings. The molecule has 1 nitrogen and oxygen atoms in total. The third-order valence-corrected chi connectivity index (χ3v) is 3.45. The van der Waals surface area contributed by atoms with Gasteiger partial charge >= 0.3 is 0 Å². The minimum absolute atomic E-state index is 0.715. The SMILES string of the molecule is CCCC1CCNC1Cc1ccccc1. The molecule has 1 aliphatic heterocycles. The zero-order valence-electron chi connectivity index (χ0n) is 9.58. The van der Waals surface area contributed by atoms with Crippen LogP contribution in [-0.4, -0.2) is 12.6 Å². The summed E-state index contributed by atoms with van der Waals surface area (Å²) in [4.78, 5) is 0. The van der Waals surface area contributed by atoms with Gasteiger partial charge in [-0.25, -0.2) is 0 Å². The van der Waals surface area contributed by atoms with Crippen LogP contribution in [0.3, 0.4) is 0 Å². The van der Waals surface area contributed by atoms with Crippen LogP contribution < -0.4 is 5.32 Å². The highest BCUT2D eigenvalue weighted by Gasteiger charge is 2.25. The minimum atomic E-state index is 0.715. The van der Waals surface area contributed by atoms with Crippen molar-refractivity contribution in [3.05, 3.63) is 35.9 Å². The normalized spacial score (nSPS) is 25.7. The Bertz CT molecular complexity index is 281. The molecule has 0 saturated carbocycles. The van der Waals surface area contributed by atoms with Gasteiger partial charge in [-0.05, 0) is 37.3 Å². The second-order valence-corrected chi connectivity index (χ2v) is 4.59. The summed E-state index contributed by atoms with van der Waals surface area (Å²) in [5.41, 5.74) is 1.47. The first-order chi connectivity index (χ1) is 7.40. The highest BCUT2D eigenvalue weighted by molar-refractivity contribution is 5.16. The first kappa shape index (κ1) is 10.7. The summed E-state index contributed by atoms with van der Waals surface area (Å²) in [7, 11) is 0. The molecular formula is C14H21N. The average molecular weight is 203 g/mol. The van der Waals surface area contributed by atoms with E-state index < -0.39 is 0 Å². The highest BCUT2D eigenvalue weighted by Crippen LogP contribution is 2.23. The summed E-state index contributed by atoms with van der Waals surface area (Å²) < 4.78 is 0. The van der Waals surface area contributed by atoms with E-state index in [0.29, 0.717) is 6.04 Å². The number of rotatable bonds is 4. The second-order valence-electron chi connectivity index (χ2n) is 4.59. The van der Waals surface area contributed by atoms with Gasteiger partial charge in [-0.3, -0.25) is 0 Å². The zero-order chi connectivity index (χ0) is 10.5. The second kappa shape index (κ2) is 5.32. The van der Waals surface area contributed by atoms with Gasteiger partial charge in [0.15, 0.2) is 0 Å². The molecule has 0 amide bonds. The Kier molecular flexibility index (Phi) is 3.79. The third kappa shape index (κ3) is 2.82. The number of hydrogen-bond acceptors (Lipinski definition) is 1. The summed E-state index contributed by atoms with van der Waals surface area (Å²) in [5.74, 6) is 0.898. The lowest BCUT2D eigenvalue weighted by Crippen LogP contribution is -2.29. The highest BCUT2D eigenvalue weighted by atomic mass is 14.9. The van der Waals surface area contributed by atoms with E-state index >= 15 is 0 Å². The van der Waals surface area contributed by atoms with Crippen molar-refractivity contribution in [1.82, 2.24) is 5.32 Å². The fourth-order valence-corrected chi connectivity index (χ4v) is 2.65. The third-order valence-electron chi connectivity index (χ3n) is 3.45. The van der Waals surface area contributed by atoms with Gasteiger partial charge in [0.25, 0.3) is 0 Å². The van der Waals surface area contributed by atoms with Gasteiger partial charge in [0, 0.05) is 6.04 Å². The monoisotopic (exact) mass is 203 g/mol.